The number of amides is 2. The lowest BCUT2D eigenvalue weighted by Gasteiger charge is -2.27. The predicted molar refractivity (Wildman–Crippen MR) is 81.7 cm³/mol. The van der Waals surface area contributed by atoms with Crippen molar-refractivity contribution in [2.75, 3.05) is 11.9 Å². The maximum atomic E-state index is 12.4. The van der Waals surface area contributed by atoms with Crippen molar-refractivity contribution in [3.8, 4) is 0 Å². The van der Waals surface area contributed by atoms with Crippen LogP contribution in [-0.4, -0.2) is 34.6 Å². The third kappa shape index (κ3) is 3.35. The number of carbonyl (C=O) groups is 2. The van der Waals surface area contributed by atoms with Crippen molar-refractivity contribution in [2.45, 2.75) is 39.7 Å². The van der Waals surface area contributed by atoms with E-state index in [0.717, 1.165) is 19.4 Å². The Hall–Kier alpha value is -2.04. The molecule has 0 aliphatic carbocycles. The Morgan fingerprint density at radius 2 is 2.10 bits per heavy atom. The topological polar surface area (TPSA) is 69.6 Å². The summed E-state index contributed by atoms with van der Waals surface area (Å²) in [5, 5.41) is 11.9. The highest BCUT2D eigenvalue weighted by atomic mass is 16.4. The van der Waals surface area contributed by atoms with Crippen LogP contribution in [0.25, 0.3) is 0 Å². The molecule has 1 aliphatic rings. The summed E-state index contributed by atoms with van der Waals surface area (Å²) in [7, 11) is 0. The third-order valence-corrected chi connectivity index (χ3v) is 4.04. The van der Waals surface area contributed by atoms with Gasteiger partial charge in [0.2, 0.25) is 0 Å². The van der Waals surface area contributed by atoms with Gasteiger partial charge in [0.05, 0.1) is 5.56 Å². The van der Waals surface area contributed by atoms with Crippen molar-refractivity contribution in [3.05, 3.63) is 29.3 Å². The van der Waals surface area contributed by atoms with Crippen molar-refractivity contribution in [3.63, 3.8) is 0 Å². The molecule has 0 spiro atoms. The average Bonchev–Trinajstić information content (AvgIpc) is 2.87. The smallest absolute Gasteiger partial charge is 0.335 e. The summed E-state index contributed by atoms with van der Waals surface area (Å²) in [6.45, 7) is 6.76. The number of hydrogen-bond donors (Lipinski definition) is 2. The number of nitrogens with zero attached hydrogens (tertiary/aromatic N) is 1. The van der Waals surface area contributed by atoms with Crippen LogP contribution in [0, 0.1) is 12.8 Å². The second-order valence-corrected chi connectivity index (χ2v) is 5.91. The highest BCUT2D eigenvalue weighted by molar-refractivity contribution is 5.93. The molecule has 1 heterocycles. The Bertz CT molecular complexity index is 554. The van der Waals surface area contributed by atoms with E-state index in [1.54, 1.807) is 19.1 Å². The SMILES string of the molecule is Cc1cc(NC(=O)N2CCCC2C(C)C)ccc1C(=O)O. The highest BCUT2D eigenvalue weighted by Gasteiger charge is 2.30. The molecule has 21 heavy (non-hydrogen) atoms. The van der Waals surface area contributed by atoms with Gasteiger partial charge in [0.1, 0.15) is 0 Å². The molecule has 5 nitrogen and oxygen atoms in total. The molecule has 114 valence electrons. The second kappa shape index (κ2) is 6.16. The predicted octanol–water partition coefficient (Wildman–Crippen LogP) is 3.35. The van der Waals surface area contributed by atoms with Crippen LogP contribution in [0.5, 0.6) is 0 Å². The molecule has 2 amide bonds. The Morgan fingerprint density at radius 3 is 2.67 bits per heavy atom. The fourth-order valence-corrected chi connectivity index (χ4v) is 2.91. The molecule has 0 radical (unpaired) electrons. The van der Waals surface area contributed by atoms with Gasteiger partial charge in [-0.1, -0.05) is 13.8 Å². The molecule has 1 unspecified atom stereocenters. The monoisotopic (exact) mass is 290 g/mol. The van der Waals surface area contributed by atoms with E-state index >= 15 is 0 Å². The number of carbonyl (C=O) groups excluding carboxylic acids is 1. The molecule has 1 saturated heterocycles. The maximum Gasteiger partial charge on any atom is 0.335 e. The Balaban J connectivity index is 2.09. The van der Waals surface area contributed by atoms with Crippen molar-refractivity contribution >= 4 is 17.7 Å². The van der Waals surface area contributed by atoms with Gasteiger partial charge in [0, 0.05) is 18.3 Å². The van der Waals surface area contributed by atoms with Crippen LogP contribution in [0.4, 0.5) is 10.5 Å². The number of hydrogen-bond acceptors (Lipinski definition) is 2. The molecule has 1 fully saturated rings. The number of aromatic carboxylic acids is 1. The van der Waals surface area contributed by atoms with Gasteiger partial charge in [-0.2, -0.15) is 0 Å². The van der Waals surface area contributed by atoms with E-state index in [9.17, 15) is 9.59 Å². The molecule has 1 aliphatic heterocycles. The normalized spacial score (nSPS) is 18.1. The summed E-state index contributed by atoms with van der Waals surface area (Å²) in [5.41, 5.74) is 1.54. The molecule has 1 aromatic carbocycles. The fourth-order valence-electron chi connectivity index (χ4n) is 2.91. The number of rotatable bonds is 3. The highest BCUT2D eigenvalue weighted by Crippen LogP contribution is 2.25. The van der Waals surface area contributed by atoms with Crippen molar-refractivity contribution in [1.29, 1.82) is 0 Å². The largest absolute Gasteiger partial charge is 0.478 e. The van der Waals surface area contributed by atoms with Crippen molar-refractivity contribution in [2.24, 2.45) is 5.92 Å². The molecular weight excluding hydrogens is 268 g/mol. The molecule has 5 heteroatoms. The van der Waals surface area contributed by atoms with Gasteiger partial charge in [0.25, 0.3) is 0 Å². The molecule has 2 rings (SSSR count). The summed E-state index contributed by atoms with van der Waals surface area (Å²) in [4.78, 5) is 25.2. The van der Waals surface area contributed by atoms with E-state index in [1.807, 2.05) is 4.90 Å². The van der Waals surface area contributed by atoms with Crippen molar-refractivity contribution < 1.29 is 14.7 Å². The summed E-state index contributed by atoms with van der Waals surface area (Å²) >= 11 is 0. The van der Waals surface area contributed by atoms with E-state index in [4.69, 9.17) is 5.11 Å². The van der Waals surface area contributed by atoms with E-state index in [1.165, 1.54) is 6.07 Å². The third-order valence-electron chi connectivity index (χ3n) is 4.04. The first-order valence-electron chi connectivity index (χ1n) is 7.31. The zero-order chi connectivity index (χ0) is 15.6. The van der Waals surface area contributed by atoms with Gasteiger partial charge in [0.15, 0.2) is 0 Å². The molecular formula is C16H22N2O3. The van der Waals surface area contributed by atoms with Gasteiger partial charge in [-0.05, 0) is 49.4 Å². The minimum Gasteiger partial charge on any atom is -0.478 e. The lowest BCUT2D eigenvalue weighted by molar-refractivity contribution is 0.0696. The Labute approximate surface area is 125 Å². The standard InChI is InChI=1S/C16H22N2O3/c1-10(2)14-5-4-8-18(14)16(21)17-12-6-7-13(15(19)20)11(3)9-12/h6-7,9-10,14H,4-5,8H2,1-3H3,(H,17,21)(H,19,20). The first-order chi connectivity index (χ1) is 9.90. The lowest BCUT2D eigenvalue weighted by Crippen LogP contribution is -2.41. The van der Waals surface area contributed by atoms with Crippen LogP contribution >= 0.6 is 0 Å². The zero-order valence-electron chi connectivity index (χ0n) is 12.7. The van der Waals surface area contributed by atoms with Gasteiger partial charge in [-0.3, -0.25) is 0 Å². The quantitative estimate of drug-likeness (QED) is 0.897. The van der Waals surface area contributed by atoms with Crippen LogP contribution in [0.15, 0.2) is 18.2 Å². The number of aryl methyl sites for hydroxylation is 1. The summed E-state index contributed by atoms with van der Waals surface area (Å²) < 4.78 is 0. The zero-order valence-corrected chi connectivity index (χ0v) is 12.7. The molecule has 2 N–H and O–H groups in total. The number of carboxylic acid groups (broad SMARTS) is 1. The van der Waals surface area contributed by atoms with E-state index in [2.05, 4.69) is 19.2 Å². The van der Waals surface area contributed by atoms with Crippen LogP contribution in [0.3, 0.4) is 0 Å². The first-order valence-corrected chi connectivity index (χ1v) is 7.31. The minimum absolute atomic E-state index is 0.103. The number of anilines is 1. The van der Waals surface area contributed by atoms with Gasteiger partial charge >= 0.3 is 12.0 Å². The van der Waals surface area contributed by atoms with Gasteiger partial charge in [-0.25, -0.2) is 9.59 Å². The van der Waals surface area contributed by atoms with Gasteiger partial charge in [-0.15, -0.1) is 0 Å². The van der Waals surface area contributed by atoms with E-state index in [-0.39, 0.29) is 17.6 Å². The molecule has 0 bridgehead atoms. The number of carboxylic acids is 1. The van der Waals surface area contributed by atoms with Crippen molar-refractivity contribution in [1.82, 2.24) is 4.90 Å². The fraction of sp³-hybridized carbons (Fsp3) is 0.500. The van der Waals surface area contributed by atoms with Crippen LogP contribution in [0.2, 0.25) is 0 Å². The minimum atomic E-state index is -0.954. The summed E-state index contributed by atoms with van der Waals surface area (Å²) in [6.07, 6.45) is 2.08. The summed E-state index contributed by atoms with van der Waals surface area (Å²) in [6, 6.07) is 5.03. The van der Waals surface area contributed by atoms with E-state index < -0.39 is 5.97 Å². The van der Waals surface area contributed by atoms with Crippen LogP contribution in [-0.2, 0) is 0 Å². The molecule has 0 aromatic heterocycles. The Kier molecular flexibility index (Phi) is 4.50. The molecule has 0 saturated carbocycles. The second-order valence-electron chi connectivity index (χ2n) is 5.91. The number of nitrogens with one attached hydrogen (secondary N) is 1. The lowest BCUT2D eigenvalue weighted by atomic mass is 10.0. The van der Waals surface area contributed by atoms with E-state index in [0.29, 0.717) is 17.2 Å². The number of likely N-dealkylation sites (tertiary alicyclic amines) is 1. The number of benzene rings is 1. The summed E-state index contributed by atoms with van der Waals surface area (Å²) in [5.74, 6) is -0.515. The number of urea groups is 1. The first kappa shape index (κ1) is 15.4. The maximum absolute atomic E-state index is 12.4. The van der Waals surface area contributed by atoms with Crippen LogP contribution in [0.1, 0.15) is 42.6 Å². The average molecular weight is 290 g/mol. The van der Waals surface area contributed by atoms with Crippen LogP contribution < -0.4 is 5.32 Å². The molecule has 1 aromatic rings. The molecule has 1 atom stereocenters. The van der Waals surface area contributed by atoms with Gasteiger partial charge < -0.3 is 15.3 Å². The Morgan fingerprint density at radius 1 is 1.38 bits per heavy atom.